The van der Waals surface area contributed by atoms with Crippen molar-refractivity contribution in [3.8, 4) is 0 Å². The lowest BCUT2D eigenvalue weighted by Gasteiger charge is -2.18. The molecular weight excluding hydrogens is 310 g/mol. The maximum Gasteiger partial charge on any atom is 0.0485 e. The van der Waals surface area contributed by atoms with E-state index in [9.17, 15) is 0 Å². The Hall–Kier alpha value is -1.28. The molecule has 104 valence electrons. The number of hydrogen-bond acceptors (Lipinski definition) is 1. The van der Waals surface area contributed by atoms with Gasteiger partial charge < -0.3 is 5.32 Å². The van der Waals surface area contributed by atoms with Crippen molar-refractivity contribution in [2.75, 3.05) is 5.32 Å². The van der Waals surface area contributed by atoms with Crippen LogP contribution in [0, 0.1) is 6.92 Å². The minimum absolute atomic E-state index is 0.334. The van der Waals surface area contributed by atoms with Gasteiger partial charge in [0.2, 0.25) is 0 Å². The number of anilines is 1. The first-order chi connectivity index (χ1) is 9.63. The summed E-state index contributed by atoms with van der Waals surface area (Å²) in [5.74, 6) is 0. The molecule has 0 fully saturated rings. The molecule has 0 saturated heterocycles. The normalized spacial score (nSPS) is 14.9. The quantitative estimate of drug-likeness (QED) is 0.792. The molecule has 0 aromatic heterocycles. The zero-order valence-electron chi connectivity index (χ0n) is 12.0. The van der Waals surface area contributed by atoms with Crippen LogP contribution in [-0.2, 0) is 12.8 Å². The third-order valence-electron chi connectivity index (χ3n) is 4.18. The van der Waals surface area contributed by atoms with E-state index in [0.717, 1.165) is 4.47 Å². The Morgan fingerprint density at radius 2 is 1.85 bits per heavy atom. The largest absolute Gasteiger partial charge is 0.378 e. The van der Waals surface area contributed by atoms with Crippen molar-refractivity contribution in [3.05, 3.63) is 63.1 Å². The molecule has 1 aliphatic rings. The highest BCUT2D eigenvalue weighted by molar-refractivity contribution is 9.10. The van der Waals surface area contributed by atoms with E-state index >= 15 is 0 Å². The summed E-state index contributed by atoms with van der Waals surface area (Å²) in [6.45, 7) is 4.38. The molecular formula is C18H20BrN. The molecule has 0 heterocycles. The van der Waals surface area contributed by atoms with Gasteiger partial charge in [-0.1, -0.05) is 34.1 Å². The van der Waals surface area contributed by atoms with Crippen molar-refractivity contribution in [3.63, 3.8) is 0 Å². The maximum atomic E-state index is 3.62. The van der Waals surface area contributed by atoms with Crippen LogP contribution in [0.2, 0.25) is 0 Å². The fourth-order valence-corrected chi connectivity index (χ4v) is 3.44. The molecule has 1 nitrogen and oxygen atoms in total. The van der Waals surface area contributed by atoms with E-state index in [1.54, 1.807) is 11.1 Å². The predicted molar refractivity (Wildman–Crippen MR) is 89.4 cm³/mol. The number of halogens is 1. The highest BCUT2D eigenvalue weighted by atomic mass is 79.9. The van der Waals surface area contributed by atoms with Gasteiger partial charge in [-0.15, -0.1) is 0 Å². The Labute approximate surface area is 129 Å². The van der Waals surface area contributed by atoms with Gasteiger partial charge in [-0.2, -0.15) is 0 Å². The molecule has 0 spiro atoms. The van der Waals surface area contributed by atoms with E-state index in [4.69, 9.17) is 0 Å². The van der Waals surface area contributed by atoms with Crippen LogP contribution in [-0.4, -0.2) is 0 Å². The highest BCUT2D eigenvalue weighted by Crippen LogP contribution is 2.28. The summed E-state index contributed by atoms with van der Waals surface area (Å²) >= 11 is 3.51. The number of nitrogens with one attached hydrogen (secondary N) is 1. The van der Waals surface area contributed by atoms with Crippen LogP contribution >= 0.6 is 15.9 Å². The Balaban J connectivity index is 1.80. The molecule has 0 bridgehead atoms. The highest BCUT2D eigenvalue weighted by Gasteiger charge is 2.13. The monoisotopic (exact) mass is 329 g/mol. The summed E-state index contributed by atoms with van der Waals surface area (Å²) in [5, 5.41) is 3.62. The Morgan fingerprint density at radius 3 is 2.65 bits per heavy atom. The molecule has 0 amide bonds. The molecule has 1 aliphatic carbocycles. The minimum Gasteiger partial charge on any atom is -0.378 e. The lowest BCUT2D eigenvalue weighted by atomic mass is 10.0. The van der Waals surface area contributed by atoms with Crippen LogP contribution in [0.25, 0.3) is 0 Å². The van der Waals surface area contributed by atoms with E-state index in [1.807, 2.05) is 0 Å². The van der Waals surface area contributed by atoms with Gasteiger partial charge in [-0.05, 0) is 73.6 Å². The van der Waals surface area contributed by atoms with Gasteiger partial charge >= 0.3 is 0 Å². The van der Waals surface area contributed by atoms with Crippen LogP contribution < -0.4 is 5.32 Å². The molecule has 20 heavy (non-hydrogen) atoms. The van der Waals surface area contributed by atoms with Crippen molar-refractivity contribution >= 4 is 21.6 Å². The standard InChI is InChI=1S/C18H20BrN/c1-12-10-17(19)8-9-18(12)20-13(2)15-7-6-14-4-3-5-16(14)11-15/h6-11,13,20H,3-5H2,1-2H3. The first-order valence-electron chi connectivity index (χ1n) is 7.28. The van der Waals surface area contributed by atoms with Gasteiger partial charge in [0.05, 0.1) is 0 Å². The number of rotatable bonds is 3. The summed E-state index contributed by atoms with van der Waals surface area (Å²) < 4.78 is 1.13. The van der Waals surface area contributed by atoms with Crippen LogP contribution in [0.4, 0.5) is 5.69 Å². The molecule has 1 unspecified atom stereocenters. The van der Waals surface area contributed by atoms with Crippen molar-refractivity contribution < 1.29 is 0 Å². The topological polar surface area (TPSA) is 12.0 Å². The average Bonchev–Trinajstić information content (AvgIpc) is 2.89. The van der Waals surface area contributed by atoms with Gasteiger partial charge in [0, 0.05) is 16.2 Å². The third kappa shape index (κ3) is 2.76. The molecule has 1 N–H and O–H groups in total. The maximum absolute atomic E-state index is 3.62. The molecule has 2 aromatic rings. The van der Waals surface area contributed by atoms with Crippen LogP contribution in [0.5, 0.6) is 0 Å². The zero-order valence-corrected chi connectivity index (χ0v) is 13.6. The second kappa shape index (κ2) is 5.61. The average molecular weight is 330 g/mol. The molecule has 1 atom stereocenters. The lowest BCUT2D eigenvalue weighted by Crippen LogP contribution is -2.08. The first kappa shape index (κ1) is 13.7. The zero-order chi connectivity index (χ0) is 14.1. The van der Waals surface area contributed by atoms with Crippen LogP contribution in [0.15, 0.2) is 40.9 Å². The van der Waals surface area contributed by atoms with Crippen molar-refractivity contribution in [1.82, 2.24) is 0 Å². The summed E-state index contributed by atoms with van der Waals surface area (Å²) in [6, 6.07) is 13.7. The molecule has 2 aromatic carbocycles. The second-order valence-corrected chi connectivity index (χ2v) is 6.62. The fourth-order valence-electron chi connectivity index (χ4n) is 2.97. The predicted octanol–water partition coefficient (Wildman–Crippen LogP) is 5.42. The number of fused-ring (bicyclic) bond motifs is 1. The van der Waals surface area contributed by atoms with Crippen LogP contribution in [0.3, 0.4) is 0 Å². The molecule has 0 radical (unpaired) electrons. The van der Waals surface area contributed by atoms with E-state index in [1.165, 1.54) is 36.1 Å². The SMILES string of the molecule is Cc1cc(Br)ccc1NC(C)c1ccc2c(c1)CCC2. The summed E-state index contributed by atoms with van der Waals surface area (Å²) in [4.78, 5) is 0. The summed E-state index contributed by atoms with van der Waals surface area (Å²) in [5.41, 5.74) is 6.95. The number of aryl methyl sites for hydroxylation is 3. The molecule has 0 saturated carbocycles. The van der Waals surface area contributed by atoms with E-state index < -0.39 is 0 Å². The van der Waals surface area contributed by atoms with Gasteiger partial charge in [0.15, 0.2) is 0 Å². The Morgan fingerprint density at radius 1 is 1.05 bits per heavy atom. The smallest absolute Gasteiger partial charge is 0.0485 e. The second-order valence-electron chi connectivity index (χ2n) is 5.71. The Bertz CT molecular complexity index is 633. The van der Waals surface area contributed by atoms with E-state index in [2.05, 4.69) is 71.5 Å². The molecule has 0 aliphatic heterocycles. The lowest BCUT2D eigenvalue weighted by molar-refractivity contribution is 0.877. The summed E-state index contributed by atoms with van der Waals surface area (Å²) in [6.07, 6.45) is 3.81. The van der Waals surface area contributed by atoms with Crippen molar-refractivity contribution in [2.45, 2.75) is 39.2 Å². The van der Waals surface area contributed by atoms with Gasteiger partial charge in [0.25, 0.3) is 0 Å². The molecule has 2 heteroatoms. The van der Waals surface area contributed by atoms with E-state index in [-0.39, 0.29) is 0 Å². The van der Waals surface area contributed by atoms with Crippen LogP contribution in [0.1, 0.15) is 41.6 Å². The van der Waals surface area contributed by atoms with E-state index in [0.29, 0.717) is 6.04 Å². The van der Waals surface area contributed by atoms with Crippen molar-refractivity contribution in [1.29, 1.82) is 0 Å². The van der Waals surface area contributed by atoms with Gasteiger partial charge in [0.1, 0.15) is 0 Å². The number of benzene rings is 2. The minimum atomic E-state index is 0.334. The van der Waals surface area contributed by atoms with Gasteiger partial charge in [-0.3, -0.25) is 0 Å². The summed E-state index contributed by atoms with van der Waals surface area (Å²) in [7, 11) is 0. The van der Waals surface area contributed by atoms with Gasteiger partial charge in [-0.25, -0.2) is 0 Å². The Kier molecular flexibility index (Phi) is 3.84. The third-order valence-corrected chi connectivity index (χ3v) is 4.68. The van der Waals surface area contributed by atoms with Crippen molar-refractivity contribution in [2.24, 2.45) is 0 Å². The molecule has 3 rings (SSSR count). The fraction of sp³-hybridized carbons (Fsp3) is 0.333. The number of hydrogen-bond donors (Lipinski definition) is 1. The first-order valence-corrected chi connectivity index (χ1v) is 8.07.